The van der Waals surface area contributed by atoms with E-state index < -0.39 is 71.5 Å². The Morgan fingerprint density at radius 2 is 2.05 bits per heavy atom. The molecule has 5 N–H and O–H groups in total. The van der Waals surface area contributed by atoms with E-state index in [0.717, 1.165) is 10.6 Å². The Labute approximate surface area is 249 Å². The number of nitrogens with two attached hydrogens (primary N) is 1. The van der Waals surface area contributed by atoms with Crippen LogP contribution in [0.25, 0.3) is 0 Å². The van der Waals surface area contributed by atoms with E-state index in [0.29, 0.717) is 0 Å². The predicted octanol–water partition coefficient (Wildman–Crippen LogP) is 1.72. The average Bonchev–Trinajstić information content (AvgIpc) is 3.30. The van der Waals surface area contributed by atoms with Gasteiger partial charge in [0.25, 0.3) is 5.69 Å². The van der Waals surface area contributed by atoms with Gasteiger partial charge in [-0.2, -0.15) is 18.2 Å². The van der Waals surface area contributed by atoms with Crippen LogP contribution in [0.2, 0.25) is 0 Å². The second-order valence-corrected chi connectivity index (χ2v) is 10.9. The molecule has 1 fully saturated rings. The summed E-state index contributed by atoms with van der Waals surface area (Å²) in [5, 5.41) is 33.2. The van der Waals surface area contributed by atoms with Gasteiger partial charge in [0.2, 0.25) is 0 Å². The van der Waals surface area contributed by atoms with Crippen LogP contribution in [0.15, 0.2) is 23.1 Å². The number of nitrogens with zero attached hydrogens (tertiary/aromatic N) is 3. The van der Waals surface area contributed by atoms with Crippen molar-refractivity contribution < 1.29 is 47.3 Å². The third-order valence-corrected chi connectivity index (χ3v) is 6.59. The molecule has 44 heavy (non-hydrogen) atoms. The molecular weight excluding hydrogens is 595 g/mol. The summed E-state index contributed by atoms with van der Waals surface area (Å²) in [6.07, 6.45) is -7.55. The molecule has 0 radical (unpaired) electrons. The molecule has 1 aromatic heterocycles. The first-order chi connectivity index (χ1) is 20.5. The van der Waals surface area contributed by atoms with Crippen LogP contribution < -0.4 is 21.5 Å². The van der Waals surface area contributed by atoms with E-state index in [1.165, 1.54) is 19.4 Å². The van der Waals surface area contributed by atoms with Crippen LogP contribution in [0.4, 0.5) is 24.7 Å². The van der Waals surface area contributed by atoms with Crippen molar-refractivity contribution in [3.05, 3.63) is 55.6 Å². The summed E-state index contributed by atoms with van der Waals surface area (Å²) >= 11 is 0. The lowest BCUT2D eigenvalue weighted by Crippen LogP contribution is -2.36. The van der Waals surface area contributed by atoms with Gasteiger partial charge in [0.05, 0.1) is 55.1 Å². The molecule has 0 aliphatic carbocycles. The van der Waals surface area contributed by atoms with Crippen molar-refractivity contribution in [1.82, 2.24) is 14.9 Å². The SMILES string of the molecule is COc1cc([C@@H](OCc2cn([C@H]3CC(O)[C@@H](CO)O3)c(=O)nc2N)C(C)(C)C)c([N+](=O)[O-])cc1C#CCNC(=O)C(F)(F)F. The molecule has 14 nitrogen and oxygen atoms in total. The molecular formula is C27H32F3N5O9. The molecule has 0 saturated carbocycles. The summed E-state index contributed by atoms with van der Waals surface area (Å²) in [7, 11) is 1.27. The molecule has 3 rings (SSSR count). The number of methoxy groups -OCH3 is 1. The predicted molar refractivity (Wildman–Crippen MR) is 147 cm³/mol. The molecule has 1 aliphatic heterocycles. The minimum absolute atomic E-state index is 0.0115. The van der Waals surface area contributed by atoms with Crippen molar-refractivity contribution in [2.24, 2.45) is 5.41 Å². The Hall–Kier alpha value is -4.24. The number of anilines is 1. The average molecular weight is 628 g/mol. The number of nitro benzene ring substituents is 1. The third kappa shape index (κ3) is 8.02. The zero-order valence-electron chi connectivity index (χ0n) is 24.2. The van der Waals surface area contributed by atoms with Crippen molar-refractivity contribution in [2.75, 3.05) is 26.0 Å². The number of nitrogen functional groups attached to an aromatic ring is 1. The molecule has 1 unspecified atom stereocenters. The highest BCUT2D eigenvalue weighted by molar-refractivity contribution is 5.81. The maximum absolute atomic E-state index is 12.5. The number of alkyl halides is 3. The van der Waals surface area contributed by atoms with E-state index in [-0.39, 0.29) is 41.3 Å². The number of hydrogen-bond donors (Lipinski definition) is 4. The number of carbonyl (C=O) groups excluding carboxylic acids is 1. The number of carbonyl (C=O) groups is 1. The second kappa shape index (κ2) is 13.6. The van der Waals surface area contributed by atoms with E-state index in [1.807, 2.05) is 0 Å². The molecule has 1 saturated heterocycles. The Balaban J connectivity index is 1.95. The number of rotatable bonds is 9. The normalized spacial score (nSPS) is 19.2. The van der Waals surface area contributed by atoms with Crippen LogP contribution in [0.5, 0.6) is 5.75 Å². The van der Waals surface area contributed by atoms with Crippen molar-refractivity contribution in [2.45, 2.75) is 64.5 Å². The van der Waals surface area contributed by atoms with Gasteiger partial charge in [0, 0.05) is 24.2 Å². The molecule has 0 bridgehead atoms. The highest BCUT2D eigenvalue weighted by atomic mass is 19.4. The number of aliphatic hydroxyl groups is 2. The lowest BCUT2D eigenvalue weighted by Gasteiger charge is -2.31. The summed E-state index contributed by atoms with van der Waals surface area (Å²) in [6, 6.07) is 2.42. The molecule has 1 aliphatic rings. The smallest absolute Gasteiger partial charge is 0.471 e. The molecule has 0 spiro atoms. The van der Waals surface area contributed by atoms with Gasteiger partial charge in [0.1, 0.15) is 23.9 Å². The number of aliphatic hydroxyl groups excluding tert-OH is 2. The van der Waals surface area contributed by atoms with E-state index in [9.17, 15) is 43.1 Å². The van der Waals surface area contributed by atoms with E-state index in [2.05, 4.69) is 16.8 Å². The number of halogens is 3. The van der Waals surface area contributed by atoms with Crippen molar-refractivity contribution in [3.63, 3.8) is 0 Å². The van der Waals surface area contributed by atoms with E-state index in [1.54, 1.807) is 26.1 Å². The molecule has 2 aromatic rings. The number of hydrogen-bond acceptors (Lipinski definition) is 11. The number of nitrogens with one attached hydrogen (secondary N) is 1. The largest absolute Gasteiger partial charge is 0.495 e. The maximum atomic E-state index is 12.5. The third-order valence-electron chi connectivity index (χ3n) is 6.59. The number of aromatic nitrogens is 2. The molecule has 1 aromatic carbocycles. The standard InChI is InChI=1S/C27H32F3N5O9/c1-26(2,3)22(43-13-15-11-34(25(39)33-23(15)31)21-10-18(37)20(12-36)44-21)16-9-19(42-4)14(8-17(16)35(40)41)6-5-7-32-24(38)27(28,29)30/h8-9,11,18,20-22,36-37H,7,10,12-13H2,1-4H3,(H,32,38)(H2,31,33,39)/t18?,20-,21-,22-/m1/s1. The quantitative estimate of drug-likeness (QED) is 0.179. The van der Waals surface area contributed by atoms with Crippen molar-refractivity contribution in [1.29, 1.82) is 0 Å². The highest BCUT2D eigenvalue weighted by Crippen LogP contribution is 2.43. The van der Waals surface area contributed by atoms with E-state index in [4.69, 9.17) is 19.9 Å². The molecule has 4 atom stereocenters. The number of amides is 1. The summed E-state index contributed by atoms with van der Waals surface area (Å²) in [6.45, 7) is 3.88. The van der Waals surface area contributed by atoms with Crippen LogP contribution >= 0.6 is 0 Å². The molecule has 17 heteroatoms. The molecule has 2 heterocycles. The van der Waals surface area contributed by atoms with Gasteiger partial charge in [0.15, 0.2) is 0 Å². The van der Waals surface area contributed by atoms with Gasteiger partial charge >= 0.3 is 17.8 Å². The van der Waals surface area contributed by atoms with Crippen LogP contribution in [-0.4, -0.2) is 69.2 Å². The zero-order valence-corrected chi connectivity index (χ0v) is 24.2. The fourth-order valence-electron chi connectivity index (χ4n) is 4.45. The summed E-state index contributed by atoms with van der Waals surface area (Å²) in [5.41, 5.74) is 4.34. The van der Waals surface area contributed by atoms with Crippen LogP contribution in [0.3, 0.4) is 0 Å². The van der Waals surface area contributed by atoms with Crippen molar-refractivity contribution in [3.8, 4) is 17.6 Å². The van der Waals surface area contributed by atoms with Gasteiger partial charge in [-0.3, -0.25) is 19.5 Å². The van der Waals surface area contributed by atoms with E-state index >= 15 is 0 Å². The Bertz CT molecular complexity index is 1510. The number of nitro groups is 1. The van der Waals surface area contributed by atoms with Gasteiger partial charge in [-0.15, -0.1) is 0 Å². The lowest BCUT2D eigenvalue weighted by molar-refractivity contribution is -0.386. The second-order valence-electron chi connectivity index (χ2n) is 10.9. The first-order valence-electron chi connectivity index (χ1n) is 13.1. The first kappa shape index (κ1) is 34.3. The minimum atomic E-state index is -5.09. The van der Waals surface area contributed by atoms with Crippen LogP contribution in [0, 0.1) is 27.4 Å². The number of benzene rings is 1. The Morgan fingerprint density at radius 3 is 2.59 bits per heavy atom. The highest BCUT2D eigenvalue weighted by Gasteiger charge is 2.38. The van der Waals surface area contributed by atoms with Gasteiger partial charge in [-0.1, -0.05) is 32.6 Å². The lowest BCUT2D eigenvalue weighted by atomic mass is 9.83. The molecule has 1 amide bonds. The van der Waals surface area contributed by atoms with Gasteiger partial charge < -0.3 is 35.5 Å². The Kier molecular flexibility index (Phi) is 10.6. The molecule has 240 valence electrons. The summed E-state index contributed by atoms with van der Waals surface area (Å²) in [4.78, 5) is 38.8. The fraction of sp³-hybridized carbons (Fsp3) is 0.519. The van der Waals surface area contributed by atoms with Crippen LogP contribution in [0.1, 0.15) is 56.2 Å². The monoisotopic (exact) mass is 627 g/mol. The van der Waals surface area contributed by atoms with Gasteiger partial charge in [-0.25, -0.2) is 4.79 Å². The van der Waals surface area contributed by atoms with Gasteiger partial charge in [-0.05, 0) is 11.5 Å². The fourth-order valence-corrected chi connectivity index (χ4v) is 4.45. The number of ether oxygens (including phenoxy) is 3. The van der Waals surface area contributed by atoms with Crippen LogP contribution in [-0.2, 0) is 20.9 Å². The summed E-state index contributed by atoms with van der Waals surface area (Å²) < 4.78 is 55.4. The minimum Gasteiger partial charge on any atom is -0.495 e. The Morgan fingerprint density at radius 1 is 1.36 bits per heavy atom. The zero-order chi connectivity index (χ0) is 33.0. The summed E-state index contributed by atoms with van der Waals surface area (Å²) in [5.74, 6) is 2.51. The van der Waals surface area contributed by atoms with Crippen molar-refractivity contribution >= 4 is 17.4 Å². The first-order valence-corrected chi connectivity index (χ1v) is 13.1. The topological polar surface area (TPSA) is 201 Å². The maximum Gasteiger partial charge on any atom is 0.471 e.